The van der Waals surface area contributed by atoms with Crippen LogP contribution >= 0.6 is 0 Å². The van der Waals surface area contributed by atoms with Gasteiger partial charge in [-0.2, -0.15) is 0 Å². The lowest BCUT2D eigenvalue weighted by atomic mass is 9.72. The molecule has 3 aromatic carbocycles. The molecule has 1 unspecified atom stereocenters. The van der Waals surface area contributed by atoms with Crippen molar-refractivity contribution in [1.82, 2.24) is 0 Å². The van der Waals surface area contributed by atoms with Gasteiger partial charge in [0.2, 0.25) is 0 Å². The number of ether oxygens (including phenoxy) is 3. The van der Waals surface area contributed by atoms with Crippen molar-refractivity contribution < 1.29 is 33.6 Å². The Morgan fingerprint density at radius 2 is 1.88 bits per heavy atom. The monoisotopic (exact) mass is 548 g/mol. The highest BCUT2D eigenvalue weighted by Crippen LogP contribution is 2.50. The van der Waals surface area contributed by atoms with E-state index in [9.17, 15) is 15.0 Å². The van der Waals surface area contributed by atoms with Crippen LogP contribution < -0.4 is 9.47 Å². The number of methoxy groups -OCH3 is 1. The van der Waals surface area contributed by atoms with Gasteiger partial charge >= 0.3 is 5.97 Å². The molecule has 1 heterocycles. The first kappa shape index (κ1) is 28.1. The lowest BCUT2D eigenvalue weighted by molar-refractivity contribution is -0.297. The Morgan fingerprint density at radius 1 is 1.07 bits per heavy atom. The standard InChI is InChI=1S/C33H37FO6/c1-32(2)14-5-15-40-33(32,37)29-16-21(8-12-26(29)28-18-24(38-3)11-13-30(28)34)20-39-25-7-4-6-23(17-25)27(19-31(35)36)22-9-10-22/h4,6-8,11-13,16-18,22,27,37H,5,9-10,14-15,19-20H2,1-3H3,(H,35,36)/t27-,33?/m0/s1. The number of aliphatic carboxylic acids is 1. The summed E-state index contributed by atoms with van der Waals surface area (Å²) in [6, 6.07) is 17.7. The predicted molar refractivity (Wildman–Crippen MR) is 150 cm³/mol. The molecule has 0 amide bonds. The molecule has 6 nitrogen and oxygen atoms in total. The molecular formula is C33H37FO6. The van der Waals surface area contributed by atoms with E-state index in [0.29, 0.717) is 40.7 Å². The highest BCUT2D eigenvalue weighted by molar-refractivity contribution is 5.71. The average Bonchev–Trinajstić information content (AvgIpc) is 3.78. The molecule has 1 aliphatic heterocycles. The van der Waals surface area contributed by atoms with Gasteiger partial charge in [-0.1, -0.05) is 38.1 Å². The number of benzene rings is 3. The maximum Gasteiger partial charge on any atom is 0.303 e. The van der Waals surface area contributed by atoms with Gasteiger partial charge in [-0.25, -0.2) is 4.39 Å². The number of halogens is 1. The first-order valence-corrected chi connectivity index (χ1v) is 13.9. The molecule has 0 spiro atoms. The van der Waals surface area contributed by atoms with Gasteiger partial charge < -0.3 is 24.4 Å². The van der Waals surface area contributed by atoms with E-state index in [4.69, 9.17) is 14.2 Å². The summed E-state index contributed by atoms with van der Waals surface area (Å²) in [6.45, 7) is 4.52. The van der Waals surface area contributed by atoms with E-state index in [0.717, 1.165) is 36.8 Å². The van der Waals surface area contributed by atoms with Crippen molar-refractivity contribution in [2.75, 3.05) is 13.7 Å². The van der Waals surface area contributed by atoms with Gasteiger partial charge in [0.25, 0.3) is 0 Å². The van der Waals surface area contributed by atoms with Gasteiger partial charge in [0, 0.05) is 16.5 Å². The fourth-order valence-corrected chi connectivity index (χ4v) is 5.82. The predicted octanol–water partition coefficient (Wildman–Crippen LogP) is 7.03. The fraction of sp³-hybridized carbons (Fsp3) is 0.424. The number of carboxylic acid groups (broad SMARTS) is 1. The van der Waals surface area contributed by atoms with E-state index in [1.807, 2.05) is 50.2 Å². The van der Waals surface area contributed by atoms with Crippen LogP contribution in [0, 0.1) is 17.2 Å². The maximum atomic E-state index is 15.1. The summed E-state index contributed by atoms with van der Waals surface area (Å²) in [5.41, 5.74) is 2.46. The van der Waals surface area contributed by atoms with Crippen LogP contribution in [0.25, 0.3) is 11.1 Å². The number of carbonyl (C=O) groups is 1. The van der Waals surface area contributed by atoms with Crippen LogP contribution in [0.4, 0.5) is 4.39 Å². The van der Waals surface area contributed by atoms with Crippen molar-refractivity contribution in [3.63, 3.8) is 0 Å². The van der Waals surface area contributed by atoms with Crippen LogP contribution in [-0.2, 0) is 21.9 Å². The zero-order valence-corrected chi connectivity index (χ0v) is 23.3. The molecule has 2 N–H and O–H groups in total. The lowest BCUT2D eigenvalue weighted by Crippen LogP contribution is -2.48. The quantitative estimate of drug-likeness (QED) is 0.283. The zero-order chi connectivity index (χ0) is 28.5. The van der Waals surface area contributed by atoms with Crippen LogP contribution in [0.1, 0.15) is 68.6 Å². The Kier molecular flexibility index (Phi) is 7.89. The second-order valence-corrected chi connectivity index (χ2v) is 11.6. The van der Waals surface area contributed by atoms with Crippen LogP contribution in [-0.4, -0.2) is 29.9 Å². The maximum absolute atomic E-state index is 15.1. The van der Waals surface area contributed by atoms with Crippen molar-refractivity contribution in [3.05, 3.63) is 83.2 Å². The molecule has 7 heteroatoms. The SMILES string of the molecule is COc1ccc(F)c(-c2ccc(COc3cccc([C@@H](CC(=O)O)C4CC4)c3)cc2C2(O)OCCCC2(C)C)c1. The van der Waals surface area contributed by atoms with E-state index in [-0.39, 0.29) is 18.9 Å². The highest BCUT2D eigenvalue weighted by Gasteiger charge is 2.49. The Bertz CT molecular complexity index is 1380. The summed E-state index contributed by atoms with van der Waals surface area (Å²) in [7, 11) is 1.53. The van der Waals surface area contributed by atoms with E-state index in [2.05, 4.69) is 0 Å². The van der Waals surface area contributed by atoms with Gasteiger partial charge in [-0.15, -0.1) is 0 Å². The molecule has 0 aromatic heterocycles. The number of hydrogen-bond acceptors (Lipinski definition) is 5. The van der Waals surface area contributed by atoms with Crippen molar-refractivity contribution in [2.24, 2.45) is 11.3 Å². The number of hydrogen-bond donors (Lipinski definition) is 2. The van der Waals surface area contributed by atoms with Crippen LogP contribution in [0.5, 0.6) is 11.5 Å². The summed E-state index contributed by atoms with van der Waals surface area (Å²) in [6.07, 6.45) is 3.77. The van der Waals surface area contributed by atoms with Gasteiger partial charge in [0.15, 0.2) is 5.79 Å². The highest BCUT2D eigenvalue weighted by atomic mass is 19.1. The number of rotatable bonds is 10. The Labute approximate surface area is 234 Å². The molecule has 1 saturated heterocycles. The van der Waals surface area contributed by atoms with Crippen LogP contribution in [0.3, 0.4) is 0 Å². The summed E-state index contributed by atoms with van der Waals surface area (Å²) >= 11 is 0. The average molecular weight is 549 g/mol. The second-order valence-electron chi connectivity index (χ2n) is 11.6. The molecular weight excluding hydrogens is 511 g/mol. The molecule has 0 bridgehead atoms. The molecule has 5 rings (SSSR count). The second kappa shape index (κ2) is 11.2. The molecule has 0 radical (unpaired) electrons. The Morgan fingerprint density at radius 3 is 2.58 bits per heavy atom. The zero-order valence-electron chi connectivity index (χ0n) is 23.3. The summed E-state index contributed by atoms with van der Waals surface area (Å²) in [4.78, 5) is 11.4. The largest absolute Gasteiger partial charge is 0.497 e. The molecule has 3 aromatic rings. The molecule has 2 aliphatic rings. The summed E-state index contributed by atoms with van der Waals surface area (Å²) < 4.78 is 32.7. The minimum Gasteiger partial charge on any atom is -0.497 e. The van der Waals surface area contributed by atoms with Crippen molar-refractivity contribution in [2.45, 2.75) is 64.3 Å². The third-order valence-electron chi connectivity index (χ3n) is 8.36. The summed E-state index contributed by atoms with van der Waals surface area (Å²) in [5, 5.41) is 21.4. The molecule has 2 fully saturated rings. The minimum atomic E-state index is -1.64. The van der Waals surface area contributed by atoms with Crippen LogP contribution in [0.2, 0.25) is 0 Å². The fourth-order valence-electron chi connectivity index (χ4n) is 5.82. The van der Waals surface area contributed by atoms with Gasteiger partial charge in [-0.05, 0) is 90.6 Å². The van der Waals surface area contributed by atoms with Crippen LogP contribution in [0.15, 0.2) is 60.7 Å². The minimum absolute atomic E-state index is 0.0235. The van der Waals surface area contributed by atoms with Gasteiger partial charge in [-0.3, -0.25) is 4.79 Å². The van der Waals surface area contributed by atoms with Crippen molar-refractivity contribution in [3.8, 4) is 22.6 Å². The first-order chi connectivity index (χ1) is 19.1. The molecule has 40 heavy (non-hydrogen) atoms. The molecule has 2 atom stereocenters. The topological polar surface area (TPSA) is 85.2 Å². The van der Waals surface area contributed by atoms with Gasteiger partial charge in [0.05, 0.1) is 20.1 Å². The van der Waals surface area contributed by atoms with E-state index in [1.54, 1.807) is 18.2 Å². The number of carboxylic acids is 1. The number of aliphatic hydroxyl groups is 1. The smallest absolute Gasteiger partial charge is 0.303 e. The Balaban J connectivity index is 1.48. The summed E-state index contributed by atoms with van der Waals surface area (Å²) in [5.74, 6) is -1.33. The molecule has 1 aliphatic carbocycles. The first-order valence-electron chi connectivity index (χ1n) is 13.9. The lowest BCUT2D eigenvalue weighted by Gasteiger charge is -2.47. The third-order valence-corrected chi connectivity index (χ3v) is 8.36. The van der Waals surface area contributed by atoms with Gasteiger partial charge in [0.1, 0.15) is 23.9 Å². The third kappa shape index (κ3) is 5.72. The molecule has 212 valence electrons. The van der Waals surface area contributed by atoms with E-state index in [1.165, 1.54) is 13.2 Å². The molecule has 1 saturated carbocycles. The normalized spacial score (nSPS) is 21.0. The van der Waals surface area contributed by atoms with Crippen molar-refractivity contribution >= 4 is 5.97 Å². The van der Waals surface area contributed by atoms with E-state index >= 15 is 4.39 Å². The van der Waals surface area contributed by atoms with Crippen molar-refractivity contribution in [1.29, 1.82) is 0 Å². The Hall–Kier alpha value is -3.42. The van der Waals surface area contributed by atoms with E-state index < -0.39 is 23.0 Å².